The average molecular weight is 355 g/mol. The molecule has 0 aliphatic heterocycles. The third-order valence-corrected chi connectivity index (χ3v) is 0. The van der Waals surface area contributed by atoms with Crippen molar-refractivity contribution in [2.24, 2.45) is 0 Å². The summed E-state index contributed by atoms with van der Waals surface area (Å²) in [5.41, 5.74) is 0. The van der Waals surface area contributed by atoms with Gasteiger partial charge in [0.2, 0.25) is 0 Å². The summed E-state index contributed by atoms with van der Waals surface area (Å²) in [6.07, 6.45) is 0. The Kier molecular flexibility index (Phi) is 129. The fourth-order valence-electron chi connectivity index (χ4n) is 0. The van der Waals surface area contributed by atoms with Crippen LogP contribution in [0.4, 0.5) is 0 Å². The van der Waals surface area contributed by atoms with E-state index in [1.807, 2.05) is 0 Å². The van der Waals surface area contributed by atoms with Crippen molar-refractivity contribution in [1.29, 1.82) is 0 Å². The molecular formula is AgMoO2Sn. The molecule has 0 spiro atoms. The van der Waals surface area contributed by atoms with E-state index in [0.717, 1.165) is 0 Å². The first-order chi connectivity index (χ1) is 2.00. The second-order valence-corrected chi connectivity index (χ2v) is 0. The molecule has 33 valence electrons. The normalized spacial score (nSPS) is 1.60. The standard InChI is InChI=1S/Ag.Mo.2O.Sn. The number of rotatable bonds is 0. The Balaban J connectivity index is -0.0000000133. The van der Waals surface area contributed by atoms with Crippen LogP contribution in [0.2, 0.25) is 0 Å². The van der Waals surface area contributed by atoms with Gasteiger partial charge in [-0.3, -0.25) is 0 Å². The molecule has 3 radical (unpaired) electrons. The van der Waals surface area contributed by atoms with Crippen molar-refractivity contribution >= 4 is 22.5 Å². The molecule has 0 rings (SSSR count). The van der Waals surface area contributed by atoms with Crippen molar-refractivity contribution in [1.82, 2.24) is 0 Å². The molecular weight excluding hydrogens is 355 g/mol. The molecule has 0 bridgehead atoms. The zero-order valence-corrected chi connectivity index (χ0v) is 8.37. The van der Waals surface area contributed by atoms with Gasteiger partial charge in [-0.25, -0.2) is 0 Å². The van der Waals surface area contributed by atoms with E-state index < -0.39 is 0 Å². The Morgan fingerprint density at radius 3 is 1.20 bits per heavy atom. The zero-order chi connectivity index (χ0) is 4.00. The molecule has 0 atom stereocenters. The Hall–Kier alpha value is 1.83. The molecule has 5 heteroatoms. The van der Waals surface area contributed by atoms with Gasteiger partial charge in [-0.05, 0) is 0 Å². The molecule has 0 saturated carbocycles. The topological polar surface area (TPSA) is 34.1 Å². The minimum absolute atomic E-state index is 0. The Labute approximate surface area is 70.3 Å². The maximum atomic E-state index is 8.34. The maximum absolute atomic E-state index is 8.34. The van der Waals surface area contributed by atoms with Crippen molar-refractivity contribution in [3.8, 4) is 0 Å². The van der Waals surface area contributed by atoms with Gasteiger partial charge in [0, 0.05) is 22.4 Å². The van der Waals surface area contributed by atoms with Crippen LogP contribution in [0.1, 0.15) is 0 Å². The molecule has 0 unspecified atom stereocenters. The van der Waals surface area contributed by atoms with Gasteiger partial charge in [0.1, 0.15) is 0 Å². The van der Waals surface area contributed by atoms with Crippen molar-refractivity contribution in [3.05, 3.63) is 0 Å². The van der Waals surface area contributed by atoms with Gasteiger partial charge in [0.25, 0.3) is 0 Å². The van der Waals surface area contributed by atoms with E-state index in [9.17, 15) is 0 Å². The first-order valence-electron chi connectivity index (χ1n) is 0.371. The first kappa shape index (κ1) is 15.8. The van der Waals surface area contributed by atoms with Gasteiger partial charge in [-0.2, -0.15) is 0 Å². The summed E-state index contributed by atoms with van der Waals surface area (Å²) in [5.74, 6) is 0. The van der Waals surface area contributed by atoms with E-state index in [-0.39, 0.29) is 22.4 Å². The Bertz CT molecular complexity index is 11.6. The summed E-state index contributed by atoms with van der Waals surface area (Å²) < 4.78 is 16.6. The van der Waals surface area contributed by atoms with Gasteiger partial charge < -0.3 is 0 Å². The molecule has 0 aliphatic rings. The third-order valence-electron chi connectivity index (χ3n) is 0. The quantitative estimate of drug-likeness (QED) is 0.543. The van der Waals surface area contributed by atoms with Crippen LogP contribution in [0.25, 0.3) is 0 Å². The van der Waals surface area contributed by atoms with Crippen LogP contribution in [0, 0.1) is 0 Å². The monoisotopic (exact) mass is 357 g/mol. The van der Waals surface area contributed by atoms with Crippen LogP contribution in [-0.2, 0) is 48.6 Å². The summed E-state index contributed by atoms with van der Waals surface area (Å²) in [5, 5.41) is 0. The van der Waals surface area contributed by atoms with E-state index in [1.54, 1.807) is 0 Å². The summed E-state index contributed by atoms with van der Waals surface area (Å²) in [7, 11) is 0. The van der Waals surface area contributed by atoms with Crippen LogP contribution >= 0.6 is 0 Å². The van der Waals surface area contributed by atoms with Crippen molar-refractivity contribution in [2.75, 3.05) is 0 Å². The van der Waals surface area contributed by atoms with E-state index >= 15 is 0 Å². The van der Waals surface area contributed by atoms with Gasteiger partial charge in [-0.15, -0.1) is 0 Å². The second kappa shape index (κ2) is 40.7. The molecule has 0 aromatic rings. The van der Waals surface area contributed by atoms with Gasteiger partial charge in [-0.1, -0.05) is 0 Å². The second-order valence-electron chi connectivity index (χ2n) is 0. The fourth-order valence-corrected chi connectivity index (χ4v) is 0. The van der Waals surface area contributed by atoms with E-state index in [1.165, 1.54) is 0 Å². The summed E-state index contributed by atoms with van der Waals surface area (Å²) in [6.45, 7) is 0. The summed E-state index contributed by atoms with van der Waals surface area (Å²) >= 11 is 1.00. The van der Waals surface area contributed by atoms with Gasteiger partial charge in [0.15, 0.2) is 0 Å². The van der Waals surface area contributed by atoms with Crippen molar-refractivity contribution in [3.63, 3.8) is 0 Å². The minimum atomic E-state index is 0. The van der Waals surface area contributed by atoms with Crippen LogP contribution in [-0.4, -0.2) is 22.5 Å². The Morgan fingerprint density at radius 2 is 1.20 bits per heavy atom. The molecule has 0 aromatic heterocycles. The fraction of sp³-hybridized carbons (Fsp3) is 0. The van der Waals surface area contributed by atoms with Crippen molar-refractivity contribution < 1.29 is 48.6 Å². The summed E-state index contributed by atoms with van der Waals surface area (Å²) in [6, 6.07) is 0. The molecule has 0 heterocycles. The molecule has 0 aliphatic carbocycles. The molecule has 0 aromatic carbocycles. The SMILES string of the molecule is [Ag].[O]=[Mo].[O]=[Sn]. The Morgan fingerprint density at radius 1 is 1.20 bits per heavy atom. The zero-order valence-electron chi connectivity index (χ0n) is 2.03. The van der Waals surface area contributed by atoms with E-state index in [4.69, 9.17) is 6.47 Å². The molecule has 0 N–H and O–H groups in total. The molecule has 5 heavy (non-hydrogen) atoms. The van der Waals surface area contributed by atoms with Gasteiger partial charge in [0.05, 0.1) is 0 Å². The molecule has 0 saturated heterocycles. The predicted molar refractivity (Wildman–Crippen MR) is 7.13 cm³/mol. The van der Waals surface area contributed by atoms with E-state index in [0.29, 0.717) is 42.3 Å². The number of hydrogen-bond acceptors (Lipinski definition) is 2. The van der Waals surface area contributed by atoms with Gasteiger partial charge >= 0.3 is 48.8 Å². The predicted octanol–water partition coefficient (Wildman–Crippen LogP) is -0.623. The molecule has 0 fully saturated rings. The van der Waals surface area contributed by atoms with Crippen LogP contribution < -0.4 is 0 Å². The van der Waals surface area contributed by atoms with Crippen LogP contribution in [0.5, 0.6) is 0 Å². The molecule has 0 amide bonds. The molecule has 2 nitrogen and oxygen atoms in total. The van der Waals surface area contributed by atoms with Crippen LogP contribution in [0.3, 0.4) is 0 Å². The summed E-state index contributed by atoms with van der Waals surface area (Å²) in [4.78, 5) is 0. The van der Waals surface area contributed by atoms with Crippen molar-refractivity contribution in [2.45, 2.75) is 0 Å². The number of hydrogen-bond donors (Lipinski definition) is 0. The average Bonchev–Trinajstić information content (AvgIpc) is 1.50. The first-order valence-corrected chi connectivity index (χ1v) is 2.36. The van der Waals surface area contributed by atoms with E-state index in [2.05, 4.69) is 0 Å². The third kappa shape index (κ3) is 25.6. The van der Waals surface area contributed by atoms with Crippen LogP contribution in [0.15, 0.2) is 0 Å².